The molecule has 0 saturated heterocycles. The van der Waals surface area contributed by atoms with Gasteiger partial charge >= 0.3 is 0 Å². The van der Waals surface area contributed by atoms with E-state index in [4.69, 9.17) is 5.73 Å². The van der Waals surface area contributed by atoms with E-state index in [0.29, 0.717) is 11.5 Å². The molecule has 20 heavy (non-hydrogen) atoms. The number of hydrogen-bond donors (Lipinski definition) is 1. The Morgan fingerprint density at radius 3 is 2.45 bits per heavy atom. The van der Waals surface area contributed by atoms with E-state index in [1.807, 2.05) is 0 Å². The molecule has 0 heterocycles. The summed E-state index contributed by atoms with van der Waals surface area (Å²) in [5, 5.41) is 0. The summed E-state index contributed by atoms with van der Waals surface area (Å²) in [7, 11) is 2.24. The Labute approximate surface area is 124 Å². The standard InChI is InChI=1S/C18H30N2/c1-5-16(19)15-8-6-7-9-17(15)20(4)14-10-12-18(2,3)13-11-14/h6-9,14,16H,5,10-13,19H2,1-4H3. The van der Waals surface area contributed by atoms with E-state index in [-0.39, 0.29) is 6.04 Å². The van der Waals surface area contributed by atoms with Crippen LogP contribution in [0.2, 0.25) is 0 Å². The lowest BCUT2D eigenvalue weighted by Gasteiger charge is -2.40. The zero-order valence-electron chi connectivity index (χ0n) is 13.5. The van der Waals surface area contributed by atoms with E-state index in [1.54, 1.807) is 0 Å². The quantitative estimate of drug-likeness (QED) is 0.875. The maximum absolute atomic E-state index is 6.28. The van der Waals surface area contributed by atoms with Crippen molar-refractivity contribution in [1.29, 1.82) is 0 Å². The summed E-state index contributed by atoms with van der Waals surface area (Å²) in [6.45, 7) is 6.94. The summed E-state index contributed by atoms with van der Waals surface area (Å²) in [6.07, 6.45) is 6.22. The third-order valence-corrected chi connectivity index (χ3v) is 5.01. The first-order valence-corrected chi connectivity index (χ1v) is 8.02. The molecule has 1 aromatic carbocycles. The Balaban J connectivity index is 2.15. The number of nitrogens with zero attached hydrogens (tertiary/aromatic N) is 1. The molecule has 1 fully saturated rings. The third kappa shape index (κ3) is 3.35. The van der Waals surface area contributed by atoms with Gasteiger partial charge in [0.1, 0.15) is 0 Å². The monoisotopic (exact) mass is 274 g/mol. The number of benzene rings is 1. The van der Waals surface area contributed by atoms with Gasteiger partial charge < -0.3 is 10.6 Å². The van der Waals surface area contributed by atoms with Crippen LogP contribution in [-0.2, 0) is 0 Å². The molecule has 1 aromatic rings. The Morgan fingerprint density at radius 2 is 1.85 bits per heavy atom. The van der Waals surface area contributed by atoms with Crippen molar-refractivity contribution in [3.63, 3.8) is 0 Å². The van der Waals surface area contributed by atoms with Crippen molar-refractivity contribution in [2.75, 3.05) is 11.9 Å². The van der Waals surface area contributed by atoms with Crippen LogP contribution in [-0.4, -0.2) is 13.1 Å². The van der Waals surface area contributed by atoms with Crippen molar-refractivity contribution in [3.8, 4) is 0 Å². The summed E-state index contributed by atoms with van der Waals surface area (Å²) >= 11 is 0. The first kappa shape index (κ1) is 15.4. The molecule has 2 nitrogen and oxygen atoms in total. The van der Waals surface area contributed by atoms with Crippen LogP contribution in [0.1, 0.15) is 64.5 Å². The molecule has 1 saturated carbocycles. The zero-order valence-corrected chi connectivity index (χ0v) is 13.5. The van der Waals surface area contributed by atoms with Gasteiger partial charge in [0, 0.05) is 24.8 Å². The lowest BCUT2D eigenvalue weighted by molar-refractivity contribution is 0.222. The zero-order chi connectivity index (χ0) is 14.8. The van der Waals surface area contributed by atoms with E-state index in [9.17, 15) is 0 Å². The van der Waals surface area contributed by atoms with Gasteiger partial charge in [-0.3, -0.25) is 0 Å². The third-order valence-electron chi connectivity index (χ3n) is 5.01. The van der Waals surface area contributed by atoms with Gasteiger partial charge in [0.2, 0.25) is 0 Å². The van der Waals surface area contributed by atoms with Crippen molar-refractivity contribution >= 4 is 5.69 Å². The highest BCUT2D eigenvalue weighted by atomic mass is 15.1. The second kappa shape index (κ2) is 6.17. The lowest BCUT2D eigenvalue weighted by Crippen LogP contribution is -2.38. The summed E-state index contributed by atoms with van der Waals surface area (Å²) in [5.74, 6) is 0. The molecule has 0 aromatic heterocycles. The molecule has 2 N–H and O–H groups in total. The van der Waals surface area contributed by atoms with Crippen molar-refractivity contribution < 1.29 is 0 Å². The second-order valence-electron chi connectivity index (χ2n) is 7.08. The topological polar surface area (TPSA) is 29.3 Å². The number of nitrogens with two attached hydrogens (primary N) is 1. The lowest BCUT2D eigenvalue weighted by atomic mass is 9.75. The van der Waals surface area contributed by atoms with E-state index in [1.165, 1.54) is 36.9 Å². The minimum absolute atomic E-state index is 0.147. The van der Waals surface area contributed by atoms with Gasteiger partial charge in [0.25, 0.3) is 0 Å². The normalized spacial score (nSPS) is 20.6. The number of rotatable bonds is 4. The first-order valence-electron chi connectivity index (χ1n) is 8.02. The molecule has 1 atom stereocenters. The molecule has 0 aliphatic heterocycles. The number of anilines is 1. The van der Waals surface area contributed by atoms with Crippen LogP contribution in [0.15, 0.2) is 24.3 Å². The molecule has 1 aliphatic carbocycles. The predicted molar refractivity (Wildman–Crippen MR) is 88.1 cm³/mol. The minimum atomic E-state index is 0.147. The Kier molecular flexibility index (Phi) is 4.74. The molecule has 2 rings (SSSR count). The highest BCUT2D eigenvalue weighted by Crippen LogP contribution is 2.38. The van der Waals surface area contributed by atoms with Crippen LogP contribution in [0.25, 0.3) is 0 Å². The van der Waals surface area contributed by atoms with Crippen molar-refractivity contribution in [2.45, 2.75) is 65.0 Å². The van der Waals surface area contributed by atoms with Gasteiger partial charge in [-0.1, -0.05) is 39.0 Å². The first-order chi connectivity index (χ1) is 9.44. The fourth-order valence-electron chi connectivity index (χ4n) is 3.31. The summed E-state index contributed by atoms with van der Waals surface area (Å²) in [4.78, 5) is 2.47. The fourth-order valence-corrected chi connectivity index (χ4v) is 3.31. The second-order valence-corrected chi connectivity index (χ2v) is 7.08. The van der Waals surface area contributed by atoms with Gasteiger partial charge in [-0.15, -0.1) is 0 Å². The summed E-state index contributed by atoms with van der Waals surface area (Å²) in [6, 6.07) is 9.45. The Hall–Kier alpha value is -1.02. The highest BCUT2D eigenvalue weighted by molar-refractivity contribution is 5.55. The molecule has 2 heteroatoms. The minimum Gasteiger partial charge on any atom is -0.371 e. The molecular formula is C18H30N2. The highest BCUT2D eigenvalue weighted by Gasteiger charge is 2.29. The number of hydrogen-bond acceptors (Lipinski definition) is 2. The van der Waals surface area contributed by atoms with Crippen LogP contribution in [0.5, 0.6) is 0 Å². The van der Waals surface area contributed by atoms with E-state index < -0.39 is 0 Å². The molecule has 0 spiro atoms. The summed E-state index contributed by atoms with van der Waals surface area (Å²) < 4.78 is 0. The van der Waals surface area contributed by atoms with E-state index >= 15 is 0 Å². The van der Waals surface area contributed by atoms with Crippen LogP contribution >= 0.6 is 0 Å². The molecule has 1 unspecified atom stereocenters. The van der Waals surface area contributed by atoms with Crippen LogP contribution < -0.4 is 10.6 Å². The molecule has 112 valence electrons. The van der Waals surface area contributed by atoms with Gasteiger partial charge in [-0.05, 0) is 49.1 Å². The van der Waals surface area contributed by atoms with Gasteiger partial charge in [-0.2, -0.15) is 0 Å². The molecule has 0 bridgehead atoms. The van der Waals surface area contributed by atoms with Crippen LogP contribution in [0, 0.1) is 5.41 Å². The molecule has 0 radical (unpaired) electrons. The van der Waals surface area contributed by atoms with Crippen molar-refractivity contribution in [1.82, 2.24) is 0 Å². The van der Waals surface area contributed by atoms with Crippen LogP contribution in [0.3, 0.4) is 0 Å². The molecule has 0 amide bonds. The fraction of sp³-hybridized carbons (Fsp3) is 0.667. The van der Waals surface area contributed by atoms with Gasteiger partial charge in [0.15, 0.2) is 0 Å². The van der Waals surface area contributed by atoms with Gasteiger partial charge in [-0.25, -0.2) is 0 Å². The SMILES string of the molecule is CCC(N)c1ccccc1N(C)C1CCC(C)(C)CC1. The van der Waals surface area contributed by atoms with Gasteiger partial charge in [0.05, 0.1) is 0 Å². The maximum atomic E-state index is 6.28. The number of para-hydroxylation sites is 1. The van der Waals surface area contributed by atoms with Crippen molar-refractivity contribution in [2.24, 2.45) is 11.1 Å². The van der Waals surface area contributed by atoms with Crippen molar-refractivity contribution in [3.05, 3.63) is 29.8 Å². The van der Waals surface area contributed by atoms with Crippen LogP contribution in [0.4, 0.5) is 5.69 Å². The Bertz CT molecular complexity index is 429. The average molecular weight is 274 g/mol. The van der Waals surface area contributed by atoms with E-state index in [2.05, 4.69) is 57.0 Å². The molecule has 1 aliphatic rings. The predicted octanol–water partition coefficient (Wildman–Crippen LogP) is 4.50. The maximum Gasteiger partial charge on any atom is 0.0414 e. The summed E-state index contributed by atoms with van der Waals surface area (Å²) in [5.41, 5.74) is 9.42. The largest absolute Gasteiger partial charge is 0.371 e. The smallest absolute Gasteiger partial charge is 0.0414 e. The van der Waals surface area contributed by atoms with E-state index in [0.717, 1.165) is 6.42 Å². The average Bonchev–Trinajstić information content (AvgIpc) is 2.45. The Morgan fingerprint density at radius 1 is 1.25 bits per heavy atom. The molecular weight excluding hydrogens is 244 g/mol.